The Hall–Kier alpha value is -2.08. The Bertz CT molecular complexity index is 568. The highest BCUT2D eigenvalue weighted by molar-refractivity contribution is 5.86. The van der Waals surface area contributed by atoms with Gasteiger partial charge in [-0.25, -0.2) is 4.99 Å². The number of guanidine groups is 1. The average Bonchev–Trinajstić information content (AvgIpc) is 3.40. The van der Waals surface area contributed by atoms with E-state index in [1.54, 1.807) is 26.1 Å². The lowest BCUT2D eigenvalue weighted by molar-refractivity contribution is -0.127. The standard InChI is InChI=1S/C19H30N4O2/c1-23(2)17(24)14-21-18(20-13-16-7-5-4-6-8-16)22-15-19(9-10-19)11-12-25-3/h4-8H,9-15H2,1-3H3,(H2,20,21,22). The van der Waals surface area contributed by atoms with Crippen molar-refractivity contribution in [3.8, 4) is 0 Å². The van der Waals surface area contributed by atoms with E-state index < -0.39 is 0 Å². The fourth-order valence-electron chi connectivity index (χ4n) is 2.53. The summed E-state index contributed by atoms with van der Waals surface area (Å²) in [7, 11) is 5.25. The Balaban J connectivity index is 1.92. The third-order valence-corrected chi connectivity index (χ3v) is 4.59. The van der Waals surface area contributed by atoms with Crippen LogP contribution in [-0.4, -0.2) is 57.7 Å². The van der Waals surface area contributed by atoms with Gasteiger partial charge in [-0.1, -0.05) is 30.3 Å². The van der Waals surface area contributed by atoms with Gasteiger partial charge in [0.15, 0.2) is 5.96 Å². The summed E-state index contributed by atoms with van der Waals surface area (Å²) >= 11 is 0. The van der Waals surface area contributed by atoms with Crippen LogP contribution in [0, 0.1) is 5.41 Å². The minimum absolute atomic E-state index is 0.0229. The quantitative estimate of drug-likeness (QED) is 0.527. The van der Waals surface area contributed by atoms with Gasteiger partial charge in [0.2, 0.25) is 5.91 Å². The van der Waals surface area contributed by atoms with Gasteiger partial charge < -0.3 is 20.3 Å². The van der Waals surface area contributed by atoms with Crippen molar-refractivity contribution in [2.45, 2.75) is 25.8 Å². The molecule has 0 aromatic heterocycles. The van der Waals surface area contributed by atoms with E-state index in [-0.39, 0.29) is 12.5 Å². The molecule has 1 amide bonds. The van der Waals surface area contributed by atoms with Crippen LogP contribution in [0.2, 0.25) is 0 Å². The van der Waals surface area contributed by atoms with Gasteiger partial charge in [0.25, 0.3) is 0 Å². The maximum atomic E-state index is 11.8. The van der Waals surface area contributed by atoms with E-state index >= 15 is 0 Å². The number of hydrogen-bond donors (Lipinski definition) is 2. The van der Waals surface area contributed by atoms with Crippen LogP contribution in [0.5, 0.6) is 0 Å². The van der Waals surface area contributed by atoms with Gasteiger partial charge in [-0.15, -0.1) is 0 Å². The van der Waals surface area contributed by atoms with E-state index in [1.165, 1.54) is 12.8 Å². The van der Waals surface area contributed by atoms with Crippen LogP contribution in [0.25, 0.3) is 0 Å². The fourth-order valence-corrected chi connectivity index (χ4v) is 2.53. The Morgan fingerprint density at radius 3 is 2.56 bits per heavy atom. The molecule has 0 aliphatic heterocycles. The predicted octanol–water partition coefficient (Wildman–Crippen LogP) is 1.63. The molecule has 1 aliphatic carbocycles. The van der Waals surface area contributed by atoms with Crippen molar-refractivity contribution in [3.63, 3.8) is 0 Å². The number of carbonyl (C=O) groups excluding carboxylic acids is 1. The number of amides is 1. The second kappa shape index (κ2) is 9.42. The largest absolute Gasteiger partial charge is 0.385 e. The van der Waals surface area contributed by atoms with E-state index in [1.807, 2.05) is 30.3 Å². The van der Waals surface area contributed by atoms with Crippen LogP contribution in [0.3, 0.4) is 0 Å². The molecular weight excluding hydrogens is 316 g/mol. The molecule has 1 aromatic rings. The van der Waals surface area contributed by atoms with Crippen molar-refractivity contribution in [3.05, 3.63) is 35.9 Å². The van der Waals surface area contributed by atoms with Gasteiger partial charge in [0.05, 0.1) is 13.1 Å². The van der Waals surface area contributed by atoms with Crippen LogP contribution in [0.1, 0.15) is 24.8 Å². The van der Waals surface area contributed by atoms with Crippen LogP contribution in [-0.2, 0) is 16.1 Å². The molecule has 25 heavy (non-hydrogen) atoms. The van der Waals surface area contributed by atoms with Crippen LogP contribution < -0.4 is 10.6 Å². The van der Waals surface area contributed by atoms with Crippen LogP contribution in [0.15, 0.2) is 35.3 Å². The number of hydrogen-bond acceptors (Lipinski definition) is 3. The van der Waals surface area contributed by atoms with Crippen molar-refractivity contribution in [2.75, 3.05) is 40.9 Å². The van der Waals surface area contributed by atoms with Crippen molar-refractivity contribution in [2.24, 2.45) is 10.4 Å². The molecule has 6 heteroatoms. The van der Waals surface area contributed by atoms with E-state index in [0.29, 0.717) is 17.9 Å². The first-order valence-electron chi connectivity index (χ1n) is 8.80. The number of rotatable bonds is 9. The molecule has 0 heterocycles. The third-order valence-electron chi connectivity index (χ3n) is 4.59. The Morgan fingerprint density at radius 1 is 1.24 bits per heavy atom. The lowest BCUT2D eigenvalue weighted by atomic mass is 10.0. The highest BCUT2D eigenvalue weighted by Gasteiger charge is 2.41. The highest BCUT2D eigenvalue weighted by Crippen LogP contribution is 2.48. The number of ether oxygens (including phenoxy) is 1. The second-order valence-electron chi connectivity index (χ2n) is 6.89. The first kappa shape index (κ1) is 19.2. The molecule has 0 spiro atoms. The maximum Gasteiger partial charge on any atom is 0.241 e. The minimum Gasteiger partial charge on any atom is -0.385 e. The molecule has 1 fully saturated rings. The summed E-state index contributed by atoms with van der Waals surface area (Å²) in [6.45, 7) is 2.45. The molecule has 0 saturated heterocycles. The topological polar surface area (TPSA) is 66.0 Å². The maximum absolute atomic E-state index is 11.8. The number of likely N-dealkylation sites (N-methyl/N-ethyl adjacent to an activating group) is 1. The van der Waals surface area contributed by atoms with Crippen molar-refractivity contribution in [1.29, 1.82) is 0 Å². The molecular formula is C19H30N4O2. The lowest BCUT2D eigenvalue weighted by Gasteiger charge is -2.19. The Labute approximate surface area is 150 Å². The number of nitrogens with zero attached hydrogens (tertiary/aromatic N) is 2. The third kappa shape index (κ3) is 6.74. The minimum atomic E-state index is 0.0229. The number of carbonyl (C=O) groups is 1. The molecule has 0 unspecified atom stereocenters. The van der Waals surface area contributed by atoms with Gasteiger partial charge in [0, 0.05) is 34.4 Å². The molecule has 1 aliphatic rings. The molecule has 138 valence electrons. The molecule has 2 rings (SSSR count). The summed E-state index contributed by atoms with van der Waals surface area (Å²) in [5.74, 6) is 0.706. The van der Waals surface area contributed by atoms with E-state index in [2.05, 4.69) is 15.6 Å². The monoisotopic (exact) mass is 346 g/mol. The molecule has 1 aromatic carbocycles. The summed E-state index contributed by atoms with van der Waals surface area (Å²) in [6.07, 6.45) is 3.48. The number of aliphatic imine (C=N–C) groups is 1. The van der Waals surface area contributed by atoms with Gasteiger partial charge in [0.1, 0.15) is 0 Å². The van der Waals surface area contributed by atoms with E-state index in [0.717, 1.165) is 25.1 Å². The highest BCUT2D eigenvalue weighted by atomic mass is 16.5. The van der Waals surface area contributed by atoms with E-state index in [4.69, 9.17) is 4.74 Å². The first-order valence-corrected chi connectivity index (χ1v) is 8.80. The summed E-state index contributed by atoms with van der Waals surface area (Å²) < 4.78 is 5.21. The van der Waals surface area contributed by atoms with Gasteiger partial charge >= 0.3 is 0 Å². The summed E-state index contributed by atoms with van der Waals surface area (Å²) in [5, 5.41) is 6.55. The smallest absolute Gasteiger partial charge is 0.241 e. The number of benzene rings is 1. The molecule has 2 N–H and O–H groups in total. The second-order valence-corrected chi connectivity index (χ2v) is 6.89. The van der Waals surface area contributed by atoms with E-state index in [9.17, 15) is 4.79 Å². The normalized spacial score (nSPS) is 15.6. The molecule has 6 nitrogen and oxygen atoms in total. The molecule has 1 saturated carbocycles. The summed E-state index contributed by atoms with van der Waals surface area (Å²) in [5.41, 5.74) is 1.46. The SMILES string of the molecule is COCCC1(CNC(=NCc2ccccc2)NCC(=O)N(C)C)CC1. The zero-order valence-corrected chi connectivity index (χ0v) is 15.5. The molecule has 0 bridgehead atoms. The lowest BCUT2D eigenvalue weighted by Crippen LogP contribution is -2.44. The Morgan fingerprint density at radius 2 is 1.96 bits per heavy atom. The van der Waals surface area contributed by atoms with Gasteiger partial charge in [-0.2, -0.15) is 0 Å². The summed E-state index contributed by atoms with van der Waals surface area (Å²) in [4.78, 5) is 18.0. The van der Waals surface area contributed by atoms with Crippen molar-refractivity contribution >= 4 is 11.9 Å². The average molecular weight is 346 g/mol. The predicted molar refractivity (Wildman–Crippen MR) is 100 cm³/mol. The number of nitrogens with one attached hydrogen (secondary N) is 2. The summed E-state index contributed by atoms with van der Waals surface area (Å²) in [6, 6.07) is 10.1. The first-order chi connectivity index (χ1) is 12.0. The van der Waals surface area contributed by atoms with Gasteiger partial charge in [-0.3, -0.25) is 4.79 Å². The fraction of sp³-hybridized carbons (Fsp3) is 0.579. The van der Waals surface area contributed by atoms with Crippen LogP contribution in [0.4, 0.5) is 0 Å². The zero-order valence-electron chi connectivity index (χ0n) is 15.5. The Kier molecular flexibility index (Phi) is 7.25. The molecule has 0 atom stereocenters. The van der Waals surface area contributed by atoms with Crippen molar-refractivity contribution < 1.29 is 9.53 Å². The number of methoxy groups -OCH3 is 1. The van der Waals surface area contributed by atoms with Crippen LogP contribution >= 0.6 is 0 Å². The molecule has 0 radical (unpaired) electrons. The van der Waals surface area contributed by atoms with Gasteiger partial charge in [-0.05, 0) is 30.2 Å². The zero-order chi connectivity index (χ0) is 18.1. The van der Waals surface area contributed by atoms with Crippen molar-refractivity contribution in [1.82, 2.24) is 15.5 Å².